The molecule has 0 spiro atoms. The van der Waals surface area contributed by atoms with Crippen LogP contribution in [0.5, 0.6) is 0 Å². The van der Waals surface area contributed by atoms with Gasteiger partial charge < -0.3 is 9.83 Å². The van der Waals surface area contributed by atoms with E-state index in [0.29, 0.717) is 5.76 Å². The third-order valence-electron chi connectivity index (χ3n) is 1.77. The normalized spacial score (nSPS) is 9.07. The van der Waals surface area contributed by atoms with E-state index in [0.717, 1.165) is 17.3 Å². The molecule has 3 heteroatoms. The number of hydrogen-bond acceptors (Lipinski definition) is 3. The third kappa shape index (κ3) is 2.32. The fourth-order valence-corrected chi connectivity index (χ4v) is 1.08. The van der Waals surface area contributed by atoms with E-state index in [1.807, 2.05) is 12.1 Å². The number of rotatable bonds is 1. The monoisotopic (exact) mass is 196 g/mol. The molecule has 0 unspecified atom stereocenters. The predicted octanol–water partition coefficient (Wildman–Crippen LogP) is 2.07. The number of hydrogen-bond donors (Lipinski definition) is 1. The lowest BCUT2D eigenvalue weighted by Gasteiger charge is -1.84. The lowest BCUT2D eigenvalue weighted by atomic mass is 10.2. The van der Waals surface area contributed by atoms with Crippen LogP contribution in [-0.4, -0.2) is 11.2 Å². The third-order valence-corrected chi connectivity index (χ3v) is 1.77. The zero-order valence-corrected chi connectivity index (χ0v) is 7.90. The molecule has 0 radical (unpaired) electrons. The van der Waals surface area contributed by atoms with Gasteiger partial charge in [0.25, 0.3) is 0 Å². The summed E-state index contributed by atoms with van der Waals surface area (Å²) in [6.07, 6.45) is 6.08. The van der Waals surface area contributed by atoms with Crippen LogP contribution < -0.4 is 0 Å². The summed E-state index contributed by atoms with van der Waals surface area (Å²) in [6, 6.07) is 5.44. The number of aromatic nitrogens is 1. The van der Waals surface area contributed by atoms with Gasteiger partial charge in [0, 0.05) is 24.0 Å². The molecule has 0 aromatic carbocycles. The van der Waals surface area contributed by atoms with Crippen molar-refractivity contribution in [2.24, 2.45) is 0 Å². The Morgan fingerprint density at radius 2 is 2.20 bits per heavy atom. The van der Waals surface area contributed by atoms with Crippen molar-refractivity contribution in [1.82, 2.24) is 4.98 Å². The van der Waals surface area contributed by atoms with Crippen LogP contribution in [-0.2, 0) is 0 Å². The average molecular weight is 196 g/mol. The molecule has 72 valence electrons. The molecule has 3 nitrogen and oxygen atoms in total. The van der Waals surface area contributed by atoms with Gasteiger partial charge in [0.05, 0.1) is 11.8 Å². The van der Waals surface area contributed by atoms with E-state index in [1.165, 1.54) is 6.26 Å². The van der Waals surface area contributed by atoms with Crippen molar-refractivity contribution in [3.05, 3.63) is 53.7 Å². The maximum Gasteiger partial charge on any atom is 0.145 e. The molecular weight excluding hydrogens is 188 g/mol. The second-order valence-corrected chi connectivity index (χ2v) is 2.87. The van der Waals surface area contributed by atoms with Crippen molar-refractivity contribution in [2.45, 2.75) is 0 Å². The fourth-order valence-electron chi connectivity index (χ4n) is 1.08. The minimum Gasteiger partial charge on any atom is -0.462 e. The van der Waals surface area contributed by atoms with Gasteiger partial charge in [-0.25, -0.2) is 0 Å². The van der Waals surface area contributed by atoms with Gasteiger partial charge >= 0.3 is 0 Å². The van der Waals surface area contributed by atoms with Crippen LogP contribution in [0.1, 0.15) is 16.9 Å². The molecule has 2 aromatic rings. The molecule has 1 N–H and O–H groups in total. The van der Waals surface area contributed by atoms with Crippen LogP contribution in [0.4, 0.5) is 0 Å². The van der Waals surface area contributed by atoms with E-state index < -0.39 is 0 Å². The summed E-state index contributed by atoms with van der Waals surface area (Å²) in [4.78, 5) is 3.96. The van der Waals surface area contributed by atoms with E-state index >= 15 is 0 Å². The van der Waals surface area contributed by atoms with Gasteiger partial charge in [-0.15, -0.1) is 0 Å². The van der Waals surface area contributed by atoms with Gasteiger partial charge in [0.1, 0.15) is 12.0 Å². The number of pyridine rings is 1. The fraction of sp³-hybridized carbons (Fsp3) is 0. The molecule has 0 saturated heterocycles. The Bertz CT molecular complexity index is 517. The Hall–Kier alpha value is -2.34. The molecule has 0 bridgehead atoms. The highest BCUT2D eigenvalue weighted by Crippen LogP contribution is 2.03. The van der Waals surface area contributed by atoms with Gasteiger partial charge in [-0.1, -0.05) is 11.8 Å². The maximum atomic E-state index is 6.98. The number of nitrogens with zero attached hydrogens (tertiary/aromatic N) is 1. The molecule has 0 aliphatic rings. The largest absolute Gasteiger partial charge is 0.462 e. The molecule has 0 saturated carbocycles. The Kier molecular flexibility index (Phi) is 2.61. The topological polar surface area (TPSA) is 49.9 Å². The summed E-state index contributed by atoms with van der Waals surface area (Å²) in [7, 11) is 0. The highest BCUT2D eigenvalue weighted by molar-refractivity contribution is 5.73. The second kappa shape index (κ2) is 4.25. The van der Waals surface area contributed by atoms with Gasteiger partial charge in [-0.2, -0.15) is 0 Å². The summed E-state index contributed by atoms with van der Waals surface area (Å²) < 4.78 is 5.04. The molecule has 0 atom stereocenters. The Morgan fingerprint density at radius 1 is 1.33 bits per heavy atom. The molecular formula is C12H8N2O. The lowest BCUT2D eigenvalue weighted by molar-refractivity contribution is 0.559. The Labute approximate surface area is 87.3 Å². The van der Waals surface area contributed by atoms with E-state index in [-0.39, 0.29) is 0 Å². The minimum atomic E-state index is 0.505. The van der Waals surface area contributed by atoms with Crippen molar-refractivity contribution in [1.29, 1.82) is 5.41 Å². The smallest absolute Gasteiger partial charge is 0.145 e. The molecule has 2 rings (SSSR count). The zero-order chi connectivity index (χ0) is 10.5. The second-order valence-electron chi connectivity index (χ2n) is 2.87. The van der Waals surface area contributed by atoms with Gasteiger partial charge in [0.15, 0.2) is 0 Å². The van der Waals surface area contributed by atoms with Crippen LogP contribution in [0.15, 0.2) is 41.3 Å². The van der Waals surface area contributed by atoms with Gasteiger partial charge in [-0.3, -0.25) is 4.98 Å². The first-order valence-corrected chi connectivity index (χ1v) is 4.39. The van der Waals surface area contributed by atoms with Gasteiger partial charge in [-0.05, 0) is 12.1 Å². The van der Waals surface area contributed by atoms with Crippen molar-refractivity contribution in [3.8, 4) is 11.8 Å². The van der Waals surface area contributed by atoms with Crippen LogP contribution in [0.3, 0.4) is 0 Å². The predicted molar refractivity (Wildman–Crippen MR) is 56.8 cm³/mol. The average Bonchev–Trinajstić information content (AvgIpc) is 2.76. The number of furan rings is 1. The van der Waals surface area contributed by atoms with Crippen molar-refractivity contribution in [2.75, 3.05) is 0 Å². The first-order chi connectivity index (χ1) is 7.38. The first kappa shape index (κ1) is 9.22. The molecule has 0 amide bonds. The molecule has 2 heterocycles. The summed E-state index contributed by atoms with van der Waals surface area (Å²) in [5.74, 6) is 6.38. The van der Waals surface area contributed by atoms with E-state index in [9.17, 15) is 0 Å². The highest BCUT2D eigenvalue weighted by atomic mass is 16.3. The molecule has 0 aliphatic heterocycles. The first-order valence-electron chi connectivity index (χ1n) is 4.39. The van der Waals surface area contributed by atoms with Gasteiger partial charge in [0.2, 0.25) is 0 Å². The van der Waals surface area contributed by atoms with Crippen LogP contribution >= 0.6 is 0 Å². The summed E-state index contributed by atoms with van der Waals surface area (Å²) >= 11 is 0. The Morgan fingerprint density at radius 3 is 2.87 bits per heavy atom. The molecule has 15 heavy (non-hydrogen) atoms. The van der Waals surface area contributed by atoms with Crippen molar-refractivity contribution < 1.29 is 4.42 Å². The van der Waals surface area contributed by atoms with E-state index in [2.05, 4.69) is 16.8 Å². The molecule has 2 aromatic heterocycles. The summed E-state index contributed by atoms with van der Waals surface area (Å²) in [5, 5.41) is 6.98. The highest BCUT2D eigenvalue weighted by Gasteiger charge is 1.94. The van der Waals surface area contributed by atoms with Crippen molar-refractivity contribution >= 4 is 6.21 Å². The summed E-state index contributed by atoms with van der Waals surface area (Å²) in [5.41, 5.74) is 1.62. The standard InChI is InChI=1S/C12H8N2O/c13-7-12-6-11(9-15-12)4-3-10-2-1-5-14-8-10/h1-2,5-9,13H. The lowest BCUT2D eigenvalue weighted by Crippen LogP contribution is -1.75. The van der Waals surface area contributed by atoms with E-state index in [1.54, 1.807) is 18.5 Å². The van der Waals surface area contributed by atoms with E-state index in [4.69, 9.17) is 9.83 Å². The molecule has 0 aliphatic carbocycles. The summed E-state index contributed by atoms with van der Waals surface area (Å²) in [6.45, 7) is 0. The SMILES string of the molecule is N=Cc1cc(C#Cc2cccnc2)co1. The molecule has 0 fully saturated rings. The van der Waals surface area contributed by atoms with Crippen LogP contribution in [0.2, 0.25) is 0 Å². The zero-order valence-electron chi connectivity index (χ0n) is 7.90. The minimum absolute atomic E-state index is 0.505. The maximum absolute atomic E-state index is 6.98. The van der Waals surface area contributed by atoms with Crippen LogP contribution in [0, 0.1) is 17.3 Å². The Balaban J connectivity index is 2.22. The van der Waals surface area contributed by atoms with Crippen LogP contribution in [0.25, 0.3) is 0 Å². The van der Waals surface area contributed by atoms with Crippen molar-refractivity contribution in [3.63, 3.8) is 0 Å². The number of nitrogens with one attached hydrogen (secondary N) is 1. The quantitative estimate of drug-likeness (QED) is 0.560.